The van der Waals surface area contributed by atoms with Crippen molar-refractivity contribution in [3.8, 4) is 45.0 Å². The molecule has 0 aromatic heterocycles. The van der Waals surface area contributed by atoms with E-state index in [1.807, 2.05) is 48.5 Å². The minimum absolute atomic E-state index is 0. The van der Waals surface area contributed by atoms with Gasteiger partial charge in [-0.25, -0.2) is 0 Å². The fourth-order valence-corrected chi connectivity index (χ4v) is 7.91. The number of hydrogen-bond acceptors (Lipinski definition) is 6. The van der Waals surface area contributed by atoms with Crippen LogP contribution in [0.4, 0.5) is 11.4 Å². The summed E-state index contributed by atoms with van der Waals surface area (Å²) in [5, 5.41) is 29.7. The summed E-state index contributed by atoms with van der Waals surface area (Å²) in [6, 6.07) is 45.1. The Hall–Kier alpha value is -5.06. The molecule has 0 radical (unpaired) electrons. The van der Waals surface area contributed by atoms with E-state index in [2.05, 4.69) is 105 Å². The van der Waals surface area contributed by atoms with Crippen molar-refractivity contribution in [3.63, 3.8) is 0 Å². The van der Waals surface area contributed by atoms with E-state index < -0.39 is 0 Å². The molecule has 8 nitrogen and oxygen atoms in total. The number of halogens is 4. The van der Waals surface area contributed by atoms with E-state index in [-0.39, 0.29) is 49.6 Å². The van der Waals surface area contributed by atoms with Crippen LogP contribution in [0.15, 0.2) is 133 Å². The Labute approximate surface area is 364 Å². The normalized spacial score (nSPS) is 10.8. The number of benzene rings is 6. The molecule has 2 heterocycles. The van der Waals surface area contributed by atoms with Crippen molar-refractivity contribution in [2.75, 3.05) is 37.6 Å². The summed E-state index contributed by atoms with van der Waals surface area (Å²) in [5.41, 5.74) is 23.1. The largest absolute Gasteiger partial charge is 1.00 e. The lowest BCUT2D eigenvalue weighted by Gasteiger charge is -2.25. The lowest BCUT2D eigenvalue weighted by molar-refractivity contribution is -0.00100. The number of rotatable bonds is 13. The van der Waals surface area contributed by atoms with Gasteiger partial charge in [-0.15, -0.1) is 24.8 Å². The van der Waals surface area contributed by atoms with Gasteiger partial charge in [0.2, 0.25) is 0 Å². The number of nitrogens with one attached hydrogen (secondary N) is 4. The van der Waals surface area contributed by atoms with Gasteiger partial charge in [-0.1, -0.05) is 84.9 Å². The Morgan fingerprint density at radius 1 is 0.448 bits per heavy atom. The molecule has 0 unspecified atom stereocenters. The second kappa shape index (κ2) is 20.6. The Morgan fingerprint density at radius 3 is 1.24 bits per heavy atom. The maximum atomic E-state index is 8.44. The van der Waals surface area contributed by atoms with Gasteiger partial charge in [0, 0.05) is 59.5 Å². The highest BCUT2D eigenvalue weighted by Crippen LogP contribution is 2.40. The van der Waals surface area contributed by atoms with Gasteiger partial charge < -0.3 is 66.9 Å². The summed E-state index contributed by atoms with van der Waals surface area (Å²) < 4.78 is 4.75. The zero-order valence-corrected chi connectivity index (χ0v) is 35.1. The van der Waals surface area contributed by atoms with Crippen LogP contribution in [0, 0.1) is 10.8 Å². The zero-order chi connectivity index (χ0) is 37.0. The highest BCUT2D eigenvalue weighted by atomic mass is 35.5. The number of fused-ring (bicyclic) bond motifs is 6. The van der Waals surface area contributed by atoms with Crippen molar-refractivity contribution < 1.29 is 24.8 Å². The molecule has 4 aliphatic rings. The number of anilines is 2. The van der Waals surface area contributed by atoms with Crippen LogP contribution in [-0.2, 0) is 13.1 Å². The van der Waals surface area contributed by atoms with Crippen molar-refractivity contribution in [1.82, 2.24) is 19.8 Å². The molecule has 0 atom stereocenters. The minimum atomic E-state index is 0. The number of nitrogen functional groups attached to an aromatic ring is 2. The van der Waals surface area contributed by atoms with Gasteiger partial charge in [0.25, 0.3) is 0 Å². The van der Waals surface area contributed by atoms with Gasteiger partial charge in [-0.3, -0.25) is 0 Å². The number of pyridine rings is 2. The highest BCUT2D eigenvalue weighted by molar-refractivity contribution is 6.07. The van der Waals surface area contributed by atoms with Crippen LogP contribution in [-0.4, -0.2) is 35.3 Å². The van der Waals surface area contributed by atoms with Crippen LogP contribution >= 0.6 is 24.8 Å². The van der Waals surface area contributed by atoms with E-state index in [0.717, 1.165) is 130 Å². The van der Waals surface area contributed by atoms with E-state index in [1.54, 1.807) is 0 Å². The van der Waals surface area contributed by atoms with Crippen molar-refractivity contribution in [3.05, 3.63) is 144 Å². The molecule has 2 aliphatic carbocycles. The third kappa shape index (κ3) is 9.45. The van der Waals surface area contributed by atoms with Gasteiger partial charge in [-0.05, 0) is 96.4 Å². The number of nitrogens with zero attached hydrogens (tertiary/aromatic N) is 2. The molecular formula is C46H48Cl4N8-2. The van der Waals surface area contributed by atoms with E-state index in [4.69, 9.17) is 22.3 Å². The summed E-state index contributed by atoms with van der Waals surface area (Å²) in [6.45, 7) is 5.09. The third-order valence-electron chi connectivity index (χ3n) is 10.3. The molecule has 8 N–H and O–H groups in total. The molecule has 0 bridgehead atoms. The van der Waals surface area contributed by atoms with Crippen molar-refractivity contribution in [2.45, 2.75) is 25.9 Å². The lowest BCUT2D eigenvalue weighted by Crippen LogP contribution is -3.00. The molecule has 8 rings (SSSR count). The predicted octanol–water partition coefficient (Wildman–Crippen LogP) is 2.77. The van der Waals surface area contributed by atoms with Crippen LogP contribution in [0.25, 0.3) is 66.6 Å². The molecule has 0 amide bonds. The zero-order valence-electron chi connectivity index (χ0n) is 32.0. The van der Waals surface area contributed by atoms with Crippen molar-refractivity contribution in [2.24, 2.45) is 0 Å². The first-order valence-corrected chi connectivity index (χ1v) is 18.8. The summed E-state index contributed by atoms with van der Waals surface area (Å²) >= 11 is 0. The van der Waals surface area contributed by atoms with Crippen LogP contribution in [0.1, 0.15) is 12.8 Å². The number of aromatic nitrogens is 2. The van der Waals surface area contributed by atoms with Gasteiger partial charge in [-0.2, -0.15) is 0 Å². The predicted molar refractivity (Wildman–Crippen MR) is 238 cm³/mol. The quantitative estimate of drug-likeness (QED) is 0.0606. The summed E-state index contributed by atoms with van der Waals surface area (Å²) in [6.07, 6.45) is 1.87. The minimum Gasteiger partial charge on any atom is -1.00 e. The molecule has 0 spiro atoms. The Balaban J connectivity index is 0.00000186. The van der Waals surface area contributed by atoms with Gasteiger partial charge >= 0.3 is 0 Å². The molecule has 58 heavy (non-hydrogen) atoms. The molecule has 302 valence electrons. The van der Waals surface area contributed by atoms with Gasteiger partial charge in [0.05, 0.1) is 33.5 Å². The molecule has 12 heteroatoms. The van der Waals surface area contributed by atoms with Crippen LogP contribution in [0.3, 0.4) is 0 Å². The van der Waals surface area contributed by atoms with Crippen LogP contribution in [0.5, 0.6) is 0 Å². The van der Waals surface area contributed by atoms with Crippen LogP contribution < -0.4 is 57.6 Å². The Kier molecular flexibility index (Phi) is 16.2. The smallest absolute Gasteiger partial charge is 0.0565 e. The summed E-state index contributed by atoms with van der Waals surface area (Å²) in [7, 11) is 0. The maximum absolute atomic E-state index is 8.44. The SMILES string of the molecule is Cl.Cl.N=c1ccc2c3ccc(N)cc3c(-c3ccccc3)n(CCCNCCNCCCn3c4cc(=N)ccc-4c4ccc(N)cc4c3-c3ccccc3)c-2c1.[Cl-].[Cl-]. The fourth-order valence-electron chi connectivity index (χ4n) is 7.91. The highest BCUT2D eigenvalue weighted by Gasteiger charge is 2.20. The molecule has 4 aromatic rings. The average molecular weight is 855 g/mol. The monoisotopic (exact) mass is 852 g/mol. The fraction of sp³-hybridized carbons (Fsp3) is 0.174. The Bertz CT molecular complexity index is 2460. The van der Waals surface area contributed by atoms with E-state index in [9.17, 15) is 0 Å². The van der Waals surface area contributed by atoms with Crippen molar-refractivity contribution in [1.29, 1.82) is 10.8 Å². The number of hydrogen-bond donors (Lipinski definition) is 6. The standard InChI is InChI=1S/C46H46N8.4ClH/c47-33-13-17-37-39-19-15-35(49)29-43(39)53(45(41(37)27-33)31-9-3-1-4-10-31)25-7-21-51-23-24-52-22-8-26-54-44-30-36(50)16-20-40(44)38-18-14-34(48)28-42(38)46(54)32-11-5-2-6-12-32;;;;/h1-6,9-20,27-30,49-52H,7-8,21-26,47-48H2;4*1H/p-2. The maximum Gasteiger partial charge on any atom is 0.0565 e. The summed E-state index contributed by atoms with van der Waals surface area (Å²) in [4.78, 5) is 0. The van der Waals surface area contributed by atoms with Crippen LogP contribution in [0.2, 0.25) is 0 Å². The first kappa shape index (κ1) is 45.6. The molecular weight excluding hydrogens is 806 g/mol. The van der Waals surface area contributed by atoms with Gasteiger partial charge in [0.15, 0.2) is 0 Å². The Morgan fingerprint density at radius 2 is 0.845 bits per heavy atom. The van der Waals surface area contributed by atoms with Crippen molar-refractivity contribution >= 4 is 57.7 Å². The molecule has 0 saturated heterocycles. The first-order valence-electron chi connectivity index (χ1n) is 18.8. The van der Waals surface area contributed by atoms with E-state index >= 15 is 0 Å². The second-order valence-electron chi connectivity index (χ2n) is 14.0. The average Bonchev–Trinajstić information content (AvgIpc) is 3.18. The van der Waals surface area contributed by atoms with E-state index in [0.29, 0.717) is 10.7 Å². The first-order chi connectivity index (χ1) is 26.5. The molecule has 0 saturated carbocycles. The summed E-state index contributed by atoms with van der Waals surface area (Å²) in [5.74, 6) is 0. The molecule has 4 aromatic carbocycles. The van der Waals surface area contributed by atoms with E-state index in [1.165, 1.54) is 0 Å². The molecule has 2 aliphatic heterocycles. The number of nitrogens with two attached hydrogens (primary N) is 2. The second-order valence-corrected chi connectivity index (χ2v) is 14.0. The topological polar surface area (TPSA) is 134 Å². The lowest BCUT2D eigenvalue weighted by atomic mass is 9.95. The van der Waals surface area contributed by atoms with Gasteiger partial charge in [0.1, 0.15) is 0 Å². The molecule has 0 fully saturated rings. The third-order valence-corrected chi connectivity index (χ3v) is 10.3.